The molecule has 3 atom stereocenters. The van der Waals surface area contributed by atoms with Gasteiger partial charge < -0.3 is 13.9 Å². The van der Waals surface area contributed by atoms with Crippen LogP contribution in [-0.4, -0.2) is 40.8 Å². The van der Waals surface area contributed by atoms with Crippen molar-refractivity contribution in [1.82, 2.24) is 0 Å². The van der Waals surface area contributed by atoms with E-state index in [1.54, 1.807) is 14.2 Å². The highest BCUT2D eigenvalue weighted by molar-refractivity contribution is 6.74. The van der Waals surface area contributed by atoms with E-state index in [2.05, 4.69) is 33.9 Å². The molecule has 0 heterocycles. The Kier molecular flexibility index (Phi) is 5.56. The molecule has 0 fully saturated rings. The lowest BCUT2D eigenvalue weighted by Crippen LogP contribution is -2.51. The molecule has 0 aliphatic heterocycles. The van der Waals surface area contributed by atoms with Gasteiger partial charge in [0.15, 0.2) is 8.32 Å². The third-order valence-electron chi connectivity index (χ3n) is 4.14. The first-order chi connectivity index (χ1) is 8.73. The normalized spacial score (nSPS) is 28.5. The monoisotopic (exact) mass is 284 g/mol. The smallest absolute Gasteiger partial charge is 0.192 e. The lowest BCUT2D eigenvalue weighted by Gasteiger charge is -2.42. The average molecular weight is 284 g/mol. The summed E-state index contributed by atoms with van der Waals surface area (Å²) in [7, 11) is 1.58. The Labute approximate surface area is 118 Å². The molecule has 1 rings (SSSR count). The molecule has 1 unspecified atom stereocenters. The Morgan fingerprint density at radius 1 is 0.895 bits per heavy atom. The minimum Gasteiger partial charge on any atom is -0.408 e. The lowest BCUT2D eigenvalue weighted by atomic mass is 10.1. The molecule has 0 aromatic carbocycles. The van der Waals surface area contributed by atoms with E-state index in [-0.39, 0.29) is 23.4 Å². The van der Waals surface area contributed by atoms with Gasteiger partial charge in [0.25, 0.3) is 0 Å². The molecule has 110 valence electrons. The van der Waals surface area contributed by atoms with Crippen LogP contribution in [0.4, 0.5) is 0 Å². The minimum absolute atomic E-state index is 0.0749. The van der Waals surface area contributed by atoms with Gasteiger partial charge >= 0.3 is 0 Å². The molecule has 1 aliphatic carbocycles. The molecule has 0 N–H and O–H groups in total. The highest BCUT2D eigenvalue weighted by atomic mass is 28.4. The van der Waals surface area contributed by atoms with E-state index in [1.165, 1.54) is 0 Å². The van der Waals surface area contributed by atoms with E-state index in [0.717, 1.165) is 0 Å². The number of hydrogen-bond donors (Lipinski definition) is 0. The first kappa shape index (κ1) is 16.6. The van der Waals surface area contributed by atoms with Crippen LogP contribution in [0.1, 0.15) is 20.8 Å². The number of methoxy groups -OCH3 is 2. The zero-order valence-electron chi connectivity index (χ0n) is 13.3. The molecule has 19 heavy (non-hydrogen) atoms. The molecule has 4 heteroatoms. The third-order valence-corrected chi connectivity index (χ3v) is 8.62. The summed E-state index contributed by atoms with van der Waals surface area (Å²) in [6, 6.07) is 0. The van der Waals surface area contributed by atoms with E-state index in [0.29, 0.717) is 0 Å². The van der Waals surface area contributed by atoms with Gasteiger partial charge in [0.1, 0.15) is 18.3 Å². The Bertz CT molecular complexity index is 322. The van der Waals surface area contributed by atoms with Crippen LogP contribution in [-0.2, 0) is 13.9 Å². The van der Waals surface area contributed by atoms with Gasteiger partial charge in [-0.15, -0.1) is 0 Å². The Balaban J connectivity index is 2.98. The molecule has 1 aliphatic rings. The van der Waals surface area contributed by atoms with Crippen LogP contribution < -0.4 is 0 Å². The van der Waals surface area contributed by atoms with Gasteiger partial charge in [-0.2, -0.15) is 0 Å². The van der Waals surface area contributed by atoms with Gasteiger partial charge in [0.2, 0.25) is 0 Å². The number of ether oxygens (including phenoxy) is 2. The number of rotatable bonds is 4. The van der Waals surface area contributed by atoms with Crippen LogP contribution in [0, 0.1) is 0 Å². The second-order valence-corrected chi connectivity index (χ2v) is 11.3. The zero-order valence-corrected chi connectivity index (χ0v) is 14.3. The molecule has 0 aromatic heterocycles. The van der Waals surface area contributed by atoms with Crippen molar-refractivity contribution < 1.29 is 13.9 Å². The van der Waals surface area contributed by atoms with Gasteiger partial charge in [0, 0.05) is 14.2 Å². The van der Waals surface area contributed by atoms with Crippen LogP contribution in [0.5, 0.6) is 0 Å². The van der Waals surface area contributed by atoms with E-state index in [4.69, 9.17) is 13.9 Å². The van der Waals surface area contributed by atoms with Crippen LogP contribution in [0.3, 0.4) is 0 Å². The quantitative estimate of drug-likeness (QED) is 0.739. The van der Waals surface area contributed by atoms with Crippen molar-refractivity contribution >= 4 is 8.32 Å². The second kappa shape index (κ2) is 6.35. The SMILES string of the molecule is CO[C@H]1C=CC=C[C@@H](OC)C1O[Si](C)(C)C(C)(C)C. The van der Waals surface area contributed by atoms with Crippen molar-refractivity contribution in [2.75, 3.05) is 14.2 Å². The predicted molar refractivity (Wildman–Crippen MR) is 81.9 cm³/mol. The summed E-state index contributed by atoms with van der Waals surface area (Å²) in [6.07, 6.45) is 7.82. The highest BCUT2D eigenvalue weighted by Gasteiger charge is 2.42. The molecule has 0 spiro atoms. The molecule has 0 amide bonds. The molecule has 3 nitrogen and oxygen atoms in total. The van der Waals surface area contributed by atoms with Crippen molar-refractivity contribution in [3.8, 4) is 0 Å². The predicted octanol–water partition coefficient (Wildman–Crippen LogP) is 3.53. The molecular weight excluding hydrogens is 256 g/mol. The summed E-state index contributed by atoms with van der Waals surface area (Å²) in [5, 5.41) is 0.170. The van der Waals surface area contributed by atoms with E-state index in [1.807, 2.05) is 24.3 Å². The molecule has 0 radical (unpaired) electrons. The zero-order chi connectivity index (χ0) is 14.7. The first-order valence-corrected chi connectivity index (χ1v) is 9.72. The highest BCUT2D eigenvalue weighted by Crippen LogP contribution is 2.38. The molecule has 0 aromatic rings. The van der Waals surface area contributed by atoms with Crippen LogP contribution in [0.15, 0.2) is 24.3 Å². The maximum Gasteiger partial charge on any atom is 0.192 e. The summed E-state index contributed by atoms with van der Waals surface area (Å²) in [5.41, 5.74) is 0. The average Bonchev–Trinajstić information content (AvgIpc) is 2.49. The molecular formula is C15H28O3Si. The maximum atomic E-state index is 6.52. The third kappa shape index (κ3) is 4.02. The minimum atomic E-state index is -1.86. The van der Waals surface area contributed by atoms with E-state index in [9.17, 15) is 0 Å². The summed E-state index contributed by atoms with van der Waals surface area (Å²) < 4.78 is 17.6. The van der Waals surface area contributed by atoms with Gasteiger partial charge in [-0.3, -0.25) is 0 Å². The summed E-state index contributed by atoms with van der Waals surface area (Å²) in [4.78, 5) is 0. The van der Waals surface area contributed by atoms with E-state index >= 15 is 0 Å². The standard InChI is InChI=1S/C15H28O3Si/c1-15(2,3)19(6,7)18-14-12(16-4)10-8-9-11-13(14)17-5/h8-14H,1-7H3/t12-,13+,14?. The van der Waals surface area contributed by atoms with Crippen molar-refractivity contribution in [2.45, 2.75) is 57.2 Å². The van der Waals surface area contributed by atoms with Gasteiger partial charge in [-0.05, 0) is 18.1 Å². The fourth-order valence-electron chi connectivity index (χ4n) is 1.83. The largest absolute Gasteiger partial charge is 0.408 e. The van der Waals surface area contributed by atoms with Gasteiger partial charge in [-0.1, -0.05) is 45.1 Å². The van der Waals surface area contributed by atoms with Crippen molar-refractivity contribution in [3.05, 3.63) is 24.3 Å². The number of allylic oxidation sites excluding steroid dienone is 2. The lowest BCUT2D eigenvalue weighted by molar-refractivity contribution is -0.0454. The van der Waals surface area contributed by atoms with Gasteiger partial charge in [0.05, 0.1) is 0 Å². The maximum absolute atomic E-state index is 6.52. The summed E-state index contributed by atoms with van der Waals surface area (Å²) >= 11 is 0. The Hall–Kier alpha value is -0.423. The van der Waals surface area contributed by atoms with Crippen molar-refractivity contribution in [2.24, 2.45) is 0 Å². The van der Waals surface area contributed by atoms with E-state index < -0.39 is 8.32 Å². The number of hydrogen-bond acceptors (Lipinski definition) is 3. The Morgan fingerprint density at radius 2 is 1.32 bits per heavy atom. The summed E-state index contributed by atoms with van der Waals surface area (Å²) in [5.74, 6) is 0. The van der Waals surface area contributed by atoms with Crippen LogP contribution >= 0.6 is 0 Å². The topological polar surface area (TPSA) is 27.7 Å². The van der Waals surface area contributed by atoms with Crippen molar-refractivity contribution in [3.63, 3.8) is 0 Å². The van der Waals surface area contributed by atoms with Crippen molar-refractivity contribution in [1.29, 1.82) is 0 Å². The van der Waals surface area contributed by atoms with Crippen LogP contribution in [0.25, 0.3) is 0 Å². The molecule has 0 bridgehead atoms. The Morgan fingerprint density at radius 3 is 1.63 bits per heavy atom. The molecule has 0 saturated carbocycles. The molecule has 0 saturated heterocycles. The second-order valence-electron chi connectivity index (χ2n) is 6.51. The van der Waals surface area contributed by atoms with Gasteiger partial charge in [-0.25, -0.2) is 0 Å². The first-order valence-electron chi connectivity index (χ1n) is 6.81. The van der Waals surface area contributed by atoms with Crippen LogP contribution in [0.2, 0.25) is 18.1 Å². The summed E-state index contributed by atoms with van der Waals surface area (Å²) in [6.45, 7) is 11.2. The fourth-order valence-corrected chi connectivity index (χ4v) is 3.13. The fraction of sp³-hybridized carbons (Fsp3) is 0.733.